The Kier molecular flexibility index (Phi) is 7.63. The molecule has 0 aliphatic carbocycles. The van der Waals surface area contributed by atoms with Crippen LogP contribution in [0.2, 0.25) is 0 Å². The third-order valence-electron chi connectivity index (χ3n) is 4.10. The van der Waals surface area contributed by atoms with Crippen LogP contribution in [0, 0.1) is 13.8 Å². The molecule has 0 fully saturated rings. The number of para-hydroxylation sites is 1. The fraction of sp³-hybridized carbons (Fsp3) is 0.286. The highest BCUT2D eigenvalue weighted by atomic mass is 32.2. The Balaban J connectivity index is 1.98. The smallest absolute Gasteiger partial charge is 0.303 e. The molecule has 0 aliphatic heterocycles. The average molecular weight is 401 g/mol. The molecule has 0 bridgehead atoms. The Labute approximate surface area is 168 Å². The molecule has 7 heteroatoms. The first-order valence-corrected chi connectivity index (χ1v) is 9.79. The number of hydrogen-bond acceptors (Lipinski definition) is 4. The summed E-state index contributed by atoms with van der Waals surface area (Å²) in [5, 5.41) is 14.0. The quantitative estimate of drug-likeness (QED) is 0.577. The number of carboxylic acids is 1. The van der Waals surface area contributed by atoms with Crippen LogP contribution in [-0.2, 0) is 14.4 Å². The topological polar surface area (TPSA) is 95.5 Å². The zero-order chi connectivity index (χ0) is 20.7. The van der Waals surface area contributed by atoms with Crippen LogP contribution in [0.1, 0.15) is 30.9 Å². The van der Waals surface area contributed by atoms with Crippen LogP contribution in [0.4, 0.5) is 11.4 Å². The lowest BCUT2D eigenvalue weighted by Crippen LogP contribution is -2.23. The molecule has 1 atom stereocenters. The second-order valence-corrected chi connectivity index (χ2v) is 7.90. The van der Waals surface area contributed by atoms with Gasteiger partial charge in [0.05, 0.1) is 11.7 Å². The summed E-state index contributed by atoms with van der Waals surface area (Å²) in [6.45, 7) is 5.74. The van der Waals surface area contributed by atoms with Gasteiger partial charge in [0.1, 0.15) is 0 Å². The molecule has 2 amide bonds. The molecule has 148 valence electrons. The van der Waals surface area contributed by atoms with E-state index in [1.165, 1.54) is 11.8 Å². The molecule has 0 aliphatic rings. The molecule has 2 rings (SSSR count). The van der Waals surface area contributed by atoms with Crippen molar-refractivity contribution in [3.05, 3.63) is 53.6 Å². The zero-order valence-electron chi connectivity index (χ0n) is 16.1. The van der Waals surface area contributed by atoms with Gasteiger partial charge in [-0.1, -0.05) is 24.3 Å². The normalized spacial score (nSPS) is 11.5. The highest BCUT2D eigenvalue weighted by Crippen LogP contribution is 2.28. The van der Waals surface area contributed by atoms with E-state index >= 15 is 0 Å². The van der Waals surface area contributed by atoms with Gasteiger partial charge < -0.3 is 15.7 Å². The van der Waals surface area contributed by atoms with E-state index in [1.807, 2.05) is 45.0 Å². The molecule has 0 spiro atoms. The van der Waals surface area contributed by atoms with Crippen molar-refractivity contribution in [2.75, 3.05) is 10.6 Å². The van der Waals surface area contributed by atoms with Crippen LogP contribution >= 0.6 is 11.8 Å². The fourth-order valence-corrected chi connectivity index (χ4v) is 3.51. The molecular formula is C21H24N2O4S. The van der Waals surface area contributed by atoms with E-state index in [4.69, 9.17) is 5.11 Å². The van der Waals surface area contributed by atoms with Crippen LogP contribution in [0.15, 0.2) is 47.4 Å². The van der Waals surface area contributed by atoms with E-state index in [2.05, 4.69) is 10.6 Å². The van der Waals surface area contributed by atoms with Gasteiger partial charge in [-0.2, -0.15) is 0 Å². The summed E-state index contributed by atoms with van der Waals surface area (Å²) in [5.41, 5.74) is 3.43. The minimum Gasteiger partial charge on any atom is -0.481 e. The summed E-state index contributed by atoms with van der Waals surface area (Å²) in [5.74, 6) is -1.47. The lowest BCUT2D eigenvalue weighted by molar-refractivity contribution is -0.138. The molecule has 1 unspecified atom stereocenters. The number of aliphatic carboxylic acids is 1. The minimum atomic E-state index is -1.01. The molecule has 0 saturated heterocycles. The maximum Gasteiger partial charge on any atom is 0.303 e. The third kappa shape index (κ3) is 6.42. The maximum atomic E-state index is 12.6. The average Bonchev–Trinajstić information content (AvgIpc) is 2.63. The molecule has 0 radical (unpaired) electrons. The summed E-state index contributed by atoms with van der Waals surface area (Å²) in [6, 6.07) is 13.0. The molecule has 2 aromatic rings. The van der Waals surface area contributed by atoms with Gasteiger partial charge in [-0.3, -0.25) is 14.4 Å². The van der Waals surface area contributed by atoms with E-state index in [0.29, 0.717) is 5.69 Å². The van der Waals surface area contributed by atoms with Crippen LogP contribution in [0.25, 0.3) is 0 Å². The lowest BCUT2D eigenvalue weighted by atomic mass is 10.1. The number of aryl methyl sites for hydroxylation is 2. The van der Waals surface area contributed by atoms with Crippen molar-refractivity contribution in [2.24, 2.45) is 0 Å². The predicted molar refractivity (Wildman–Crippen MR) is 112 cm³/mol. The van der Waals surface area contributed by atoms with Crippen molar-refractivity contribution in [3.63, 3.8) is 0 Å². The molecule has 2 aromatic carbocycles. The molecule has 0 saturated carbocycles. The van der Waals surface area contributed by atoms with Gasteiger partial charge in [0.25, 0.3) is 0 Å². The van der Waals surface area contributed by atoms with Gasteiger partial charge in [-0.15, -0.1) is 11.8 Å². The van der Waals surface area contributed by atoms with E-state index in [-0.39, 0.29) is 29.9 Å². The number of thioether (sulfide) groups is 1. The van der Waals surface area contributed by atoms with E-state index < -0.39 is 5.97 Å². The molecule has 0 heterocycles. The number of benzene rings is 2. The Morgan fingerprint density at radius 3 is 2.29 bits per heavy atom. The van der Waals surface area contributed by atoms with Crippen molar-refractivity contribution in [2.45, 2.75) is 43.8 Å². The molecule has 6 nitrogen and oxygen atoms in total. The molecular weight excluding hydrogens is 376 g/mol. The number of carboxylic acid groups (broad SMARTS) is 1. The largest absolute Gasteiger partial charge is 0.481 e. The number of anilines is 2. The van der Waals surface area contributed by atoms with Gasteiger partial charge in [0, 0.05) is 22.7 Å². The first kappa shape index (κ1) is 21.5. The van der Waals surface area contributed by atoms with Gasteiger partial charge in [-0.25, -0.2) is 0 Å². The summed E-state index contributed by atoms with van der Waals surface area (Å²) < 4.78 is 0. The fourth-order valence-electron chi connectivity index (χ4n) is 2.59. The summed E-state index contributed by atoms with van der Waals surface area (Å²) in [7, 11) is 0. The number of rotatable bonds is 8. The van der Waals surface area contributed by atoms with Crippen molar-refractivity contribution < 1.29 is 19.5 Å². The van der Waals surface area contributed by atoms with Crippen LogP contribution < -0.4 is 10.6 Å². The molecule has 28 heavy (non-hydrogen) atoms. The Bertz CT molecular complexity index is 862. The van der Waals surface area contributed by atoms with Crippen molar-refractivity contribution in [3.8, 4) is 0 Å². The Morgan fingerprint density at radius 1 is 1.00 bits per heavy atom. The van der Waals surface area contributed by atoms with Crippen LogP contribution in [-0.4, -0.2) is 28.1 Å². The highest BCUT2D eigenvalue weighted by Gasteiger charge is 2.16. The van der Waals surface area contributed by atoms with E-state index in [1.54, 1.807) is 18.2 Å². The zero-order valence-corrected chi connectivity index (χ0v) is 16.9. The van der Waals surface area contributed by atoms with Crippen LogP contribution in [0.5, 0.6) is 0 Å². The molecule has 0 aromatic heterocycles. The lowest BCUT2D eigenvalue weighted by Gasteiger charge is -2.16. The number of hydrogen-bond donors (Lipinski definition) is 3. The second kappa shape index (κ2) is 9.94. The summed E-state index contributed by atoms with van der Waals surface area (Å²) in [6.07, 6.45) is -0.295. The Morgan fingerprint density at radius 2 is 1.64 bits per heavy atom. The first-order valence-electron chi connectivity index (χ1n) is 8.91. The summed E-state index contributed by atoms with van der Waals surface area (Å²) in [4.78, 5) is 35.7. The molecule has 3 N–H and O–H groups in total. The second-order valence-electron chi connectivity index (χ2n) is 6.49. The van der Waals surface area contributed by atoms with Gasteiger partial charge in [0.2, 0.25) is 11.8 Å². The minimum absolute atomic E-state index is 0.0821. The van der Waals surface area contributed by atoms with Gasteiger partial charge in [-0.05, 0) is 50.1 Å². The number of nitrogens with one attached hydrogen (secondary N) is 2. The first-order chi connectivity index (χ1) is 13.3. The number of carbonyl (C=O) groups is 3. The van der Waals surface area contributed by atoms with Crippen molar-refractivity contribution >= 4 is 40.9 Å². The number of amides is 2. The third-order valence-corrected chi connectivity index (χ3v) is 5.19. The highest BCUT2D eigenvalue weighted by molar-refractivity contribution is 8.00. The van der Waals surface area contributed by atoms with Gasteiger partial charge >= 0.3 is 5.97 Å². The SMILES string of the molecule is Cc1cccc(C)c1NC(=O)C(C)Sc1cccc(NC(=O)CCC(=O)O)c1. The monoisotopic (exact) mass is 400 g/mol. The maximum absolute atomic E-state index is 12.6. The van der Waals surface area contributed by atoms with Crippen LogP contribution in [0.3, 0.4) is 0 Å². The predicted octanol–water partition coefficient (Wildman–Crippen LogP) is 4.23. The summed E-state index contributed by atoms with van der Waals surface area (Å²) >= 11 is 1.38. The van der Waals surface area contributed by atoms with Crippen molar-refractivity contribution in [1.82, 2.24) is 0 Å². The van der Waals surface area contributed by atoms with E-state index in [9.17, 15) is 14.4 Å². The van der Waals surface area contributed by atoms with Gasteiger partial charge in [0.15, 0.2) is 0 Å². The van der Waals surface area contributed by atoms with Crippen molar-refractivity contribution in [1.29, 1.82) is 0 Å². The standard InChI is InChI=1S/C21H24N2O4S/c1-13-6-4-7-14(2)20(13)23-21(27)15(3)28-17-9-5-8-16(12-17)22-18(24)10-11-19(25)26/h4-9,12,15H,10-11H2,1-3H3,(H,22,24)(H,23,27)(H,25,26). The Hall–Kier alpha value is -2.80. The van der Waals surface area contributed by atoms with E-state index in [0.717, 1.165) is 21.7 Å². The number of carbonyl (C=O) groups excluding carboxylic acids is 2.